The molecule has 7 heteroatoms. The number of nitrogen functional groups attached to an aromatic ring is 1. The zero-order chi connectivity index (χ0) is 14.0. The minimum atomic E-state index is -3.63. The Hall–Kier alpha value is -0.800. The van der Waals surface area contributed by atoms with Crippen molar-refractivity contribution in [2.75, 3.05) is 10.5 Å². The van der Waals surface area contributed by atoms with Gasteiger partial charge >= 0.3 is 0 Å². The molecule has 19 heavy (non-hydrogen) atoms. The normalized spacial score (nSPS) is 11.3. The maximum Gasteiger partial charge on any atom is 0.263 e. The molecule has 0 heterocycles. The van der Waals surface area contributed by atoms with Crippen LogP contribution < -0.4 is 10.5 Å². The summed E-state index contributed by atoms with van der Waals surface area (Å²) in [4.78, 5) is 0.153. The summed E-state index contributed by atoms with van der Waals surface area (Å²) in [7, 11) is -3.63. The zero-order valence-electron chi connectivity index (χ0n) is 9.60. The van der Waals surface area contributed by atoms with Crippen LogP contribution in [-0.2, 0) is 10.0 Å². The zero-order valence-corrected chi connectivity index (χ0v) is 14.2. The lowest BCUT2D eigenvalue weighted by atomic mass is 10.3. The Morgan fingerprint density at radius 3 is 2.53 bits per heavy atom. The van der Waals surface area contributed by atoms with E-state index in [1.165, 1.54) is 6.07 Å². The maximum atomic E-state index is 12.3. The van der Waals surface area contributed by atoms with Crippen molar-refractivity contribution < 1.29 is 8.42 Å². The fourth-order valence-electron chi connectivity index (χ4n) is 1.50. The topological polar surface area (TPSA) is 72.2 Å². The van der Waals surface area contributed by atoms with Crippen molar-refractivity contribution >= 4 is 59.9 Å². The highest BCUT2D eigenvalue weighted by Gasteiger charge is 2.17. The van der Waals surface area contributed by atoms with E-state index in [-0.39, 0.29) is 4.90 Å². The third-order valence-corrected chi connectivity index (χ3v) is 5.35. The molecule has 0 atom stereocenters. The summed E-state index contributed by atoms with van der Waals surface area (Å²) in [5, 5.41) is 0. The van der Waals surface area contributed by atoms with Gasteiger partial charge in [0, 0.05) is 19.4 Å². The van der Waals surface area contributed by atoms with Crippen molar-refractivity contribution in [1.29, 1.82) is 0 Å². The molecular weight excluding hydrogens is 443 g/mol. The van der Waals surface area contributed by atoms with E-state index < -0.39 is 10.0 Å². The molecule has 0 bridgehead atoms. The number of anilines is 2. The van der Waals surface area contributed by atoms with Crippen molar-refractivity contribution in [1.82, 2.24) is 0 Å². The van der Waals surface area contributed by atoms with Gasteiger partial charge in [0.15, 0.2) is 0 Å². The van der Waals surface area contributed by atoms with Crippen molar-refractivity contribution in [3.63, 3.8) is 0 Å². The number of benzene rings is 2. The van der Waals surface area contributed by atoms with Crippen LogP contribution in [0.25, 0.3) is 0 Å². The Morgan fingerprint density at radius 2 is 1.89 bits per heavy atom. The fraction of sp³-hybridized carbons (Fsp3) is 0. The van der Waals surface area contributed by atoms with E-state index in [2.05, 4.69) is 43.2 Å². The lowest BCUT2D eigenvalue weighted by Crippen LogP contribution is -2.13. The Morgan fingerprint density at radius 1 is 1.16 bits per heavy atom. The third kappa shape index (κ3) is 3.61. The predicted octanol–water partition coefficient (Wildman–Crippen LogP) is 3.44. The summed E-state index contributed by atoms with van der Waals surface area (Å²) >= 11 is 5.33. The second kappa shape index (κ2) is 5.68. The van der Waals surface area contributed by atoms with Crippen LogP contribution in [0, 0.1) is 3.57 Å². The van der Waals surface area contributed by atoms with Crippen LogP contribution >= 0.6 is 38.5 Å². The van der Waals surface area contributed by atoms with E-state index in [1.54, 1.807) is 30.3 Å². The summed E-state index contributed by atoms with van der Waals surface area (Å²) in [6.07, 6.45) is 0. The quantitative estimate of drug-likeness (QED) is 0.553. The van der Waals surface area contributed by atoms with Crippen molar-refractivity contribution in [2.24, 2.45) is 0 Å². The second-order valence-corrected chi connectivity index (χ2v) is 7.56. The summed E-state index contributed by atoms with van der Waals surface area (Å²) < 4.78 is 28.4. The molecule has 2 aromatic rings. The molecule has 0 fully saturated rings. The Balaban J connectivity index is 2.38. The summed E-state index contributed by atoms with van der Waals surface area (Å²) in [5.41, 5.74) is 6.62. The average molecular weight is 453 g/mol. The highest BCUT2D eigenvalue weighted by molar-refractivity contribution is 14.1. The molecule has 0 saturated carbocycles. The fourth-order valence-corrected chi connectivity index (χ4v) is 4.19. The van der Waals surface area contributed by atoms with Crippen LogP contribution in [0.2, 0.25) is 0 Å². The molecule has 3 N–H and O–H groups in total. The molecule has 2 aromatic carbocycles. The lowest BCUT2D eigenvalue weighted by Gasteiger charge is -2.10. The van der Waals surface area contributed by atoms with Gasteiger partial charge in [-0.25, -0.2) is 8.42 Å². The smallest absolute Gasteiger partial charge is 0.263 e. The monoisotopic (exact) mass is 452 g/mol. The van der Waals surface area contributed by atoms with Crippen LogP contribution in [0.4, 0.5) is 11.4 Å². The van der Waals surface area contributed by atoms with E-state index >= 15 is 0 Å². The number of hydrogen-bond acceptors (Lipinski definition) is 3. The molecule has 0 aliphatic carbocycles. The molecule has 0 aromatic heterocycles. The maximum absolute atomic E-state index is 12.3. The van der Waals surface area contributed by atoms with Crippen LogP contribution in [0.15, 0.2) is 51.8 Å². The molecule has 0 radical (unpaired) electrons. The largest absolute Gasteiger partial charge is 0.399 e. The number of hydrogen-bond donors (Lipinski definition) is 2. The third-order valence-electron chi connectivity index (χ3n) is 2.32. The van der Waals surface area contributed by atoms with Crippen LogP contribution in [0.5, 0.6) is 0 Å². The van der Waals surface area contributed by atoms with Gasteiger partial charge in [0.05, 0.1) is 0 Å². The Labute approximate surface area is 133 Å². The van der Waals surface area contributed by atoms with Crippen molar-refractivity contribution in [3.8, 4) is 0 Å². The number of sulfonamides is 1. The first-order valence-corrected chi connectivity index (χ1v) is 8.57. The summed E-state index contributed by atoms with van der Waals surface area (Å²) in [6.45, 7) is 0. The van der Waals surface area contributed by atoms with Crippen LogP contribution in [-0.4, -0.2) is 8.42 Å². The van der Waals surface area contributed by atoms with Crippen LogP contribution in [0.3, 0.4) is 0 Å². The van der Waals surface area contributed by atoms with Crippen molar-refractivity contribution in [3.05, 3.63) is 50.5 Å². The SMILES string of the molecule is Nc1ccc(S(=O)(=O)Nc2cccc(I)c2)c(Br)c1. The molecule has 0 spiro atoms. The first kappa shape index (κ1) is 14.6. The predicted molar refractivity (Wildman–Crippen MR) is 88.5 cm³/mol. The minimum absolute atomic E-state index is 0.153. The van der Waals surface area contributed by atoms with Gasteiger partial charge in [0.2, 0.25) is 0 Å². The van der Waals surface area contributed by atoms with Gasteiger partial charge in [-0.1, -0.05) is 6.07 Å². The standard InChI is InChI=1S/C12H10BrIN2O2S/c13-11-7-9(15)4-5-12(11)19(17,18)16-10-3-1-2-8(14)6-10/h1-7,16H,15H2. The Bertz CT molecular complexity index is 719. The molecule has 0 unspecified atom stereocenters. The molecule has 2 rings (SSSR count). The molecule has 4 nitrogen and oxygen atoms in total. The molecule has 0 amide bonds. The highest BCUT2D eigenvalue weighted by Crippen LogP contribution is 2.26. The molecule has 0 saturated heterocycles. The number of nitrogens with two attached hydrogens (primary N) is 1. The average Bonchev–Trinajstić information content (AvgIpc) is 2.27. The Kier molecular flexibility index (Phi) is 4.36. The molecule has 0 aliphatic rings. The molecule has 100 valence electrons. The molecule has 0 aliphatic heterocycles. The van der Waals surface area contributed by atoms with E-state index in [4.69, 9.17) is 5.73 Å². The number of nitrogens with one attached hydrogen (secondary N) is 1. The van der Waals surface area contributed by atoms with Gasteiger partial charge in [-0.2, -0.15) is 0 Å². The van der Waals surface area contributed by atoms with E-state index in [9.17, 15) is 8.42 Å². The number of rotatable bonds is 3. The van der Waals surface area contributed by atoms with Gasteiger partial charge in [-0.05, 0) is 74.9 Å². The first-order chi connectivity index (χ1) is 8.88. The van der Waals surface area contributed by atoms with E-state index in [0.29, 0.717) is 15.8 Å². The molecular formula is C12H10BrIN2O2S. The lowest BCUT2D eigenvalue weighted by molar-refractivity contribution is 0.601. The summed E-state index contributed by atoms with van der Waals surface area (Å²) in [6, 6.07) is 11.7. The van der Waals surface area contributed by atoms with Gasteiger partial charge in [0.1, 0.15) is 4.90 Å². The van der Waals surface area contributed by atoms with Crippen LogP contribution in [0.1, 0.15) is 0 Å². The van der Waals surface area contributed by atoms with Gasteiger partial charge in [0.25, 0.3) is 10.0 Å². The first-order valence-electron chi connectivity index (χ1n) is 5.22. The summed E-state index contributed by atoms with van der Waals surface area (Å²) in [5.74, 6) is 0. The van der Waals surface area contributed by atoms with Gasteiger partial charge in [-0.3, -0.25) is 4.72 Å². The second-order valence-electron chi connectivity index (χ2n) is 3.81. The van der Waals surface area contributed by atoms with Crippen molar-refractivity contribution in [2.45, 2.75) is 4.90 Å². The van der Waals surface area contributed by atoms with Gasteiger partial charge in [-0.15, -0.1) is 0 Å². The van der Waals surface area contributed by atoms with Gasteiger partial charge < -0.3 is 5.73 Å². The number of halogens is 2. The highest BCUT2D eigenvalue weighted by atomic mass is 127. The van der Waals surface area contributed by atoms with E-state index in [0.717, 1.165) is 3.57 Å². The minimum Gasteiger partial charge on any atom is -0.399 e. The van der Waals surface area contributed by atoms with E-state index in [1.807, 2.05) is 6.07 Å².